The zero-order valence-corrected chi connectivity index (χ0v) is 12.9. The number of hydrogen-bond donors (Lipinski definition) is 1. The van der Waals surface area contributed by atoms with Crippen molar-refractivity contribution in [3.05, 3.63) is 52.8 Å². The molecule has 0 amide bonds. The molecule has 21 heavy (non-hydrogen) atoms. The Labute approximate surface area is 128 Å². The minimum atomic E-state index is 0.652. The molecule has 0 spiro atoms. The van der Waals surface area contributed by atoms with Gasteiger partial charge in [-0.2, -0.15) is 5.10 Å². The summed E-state index contributed by atoms with van der Waals surface area (Å²) in [6, 6.07) is 10.3. The highest BCUT2D eigenvalue weighted by molar-refractivity contribution is 6.31. The first-order valence-corrected chi connectivity index (χ1v) is 7.37. The summed E-state index contributed by atoms with van der Waals surface area (Å²) in [6.45, 7) is 5.52. The normalized spacial score (nSPS) is 11.0. The van der Waals surface area contributed by atoms with E-state index in [0.717, 1.165) is 34.5 Å². The first-order valence-electron chi connectivity index (χ1n) is 6.99. The number of fused-ring (bicyclic) bond motifs is 1. The standard InChI is InChI=1S/C16H17ClN4/c1-3-18-16-13(10-21-11(2)14(17)9-19-21)8-12-6-4-5-7-15(12)20-16/h4-9H,3,10H2,1-2H3,(H,18,20). The molecule has 0 saturated carbocycles. The number of pyridine rings is 1. The van der Waals surface area contributed by atoms with Crippen molar-refractivity contribution >= 4 is 28.3 Å². The van der Waals surface area contributed by atoms with Crippen molar-refractivity contribution in [2.75, 3.05) is 11.9 Å². The average Bonchev–Trinajstić information content (AvgIpc) is 2.80. The Morgan fingerprint density at radius 3 is 2.81 bits per heavy atom. The molecule has 1 N–H and O–H groups in total. The molecule has 1 aromatic carbocycles. The minimum Gasteiger partial charge on any atom is -0.370 e. The van der Waals surface area contributed by atoms with Crippen molar-refractivity contribution in [2.24, 2.45) is 0 Å². The summed E-state index contributed by atoms with van der Waals surface area (Å²) < 4.78 is 1.90. The lowest BCUT2D eigenvalue weighted by molar-refractivity contribution is 0.665. The Hall–Kier alpha value is -2.07. The maximum Gasteiger partial charge on any atom is 0.131 e. The van der Waals surface area contributed by atoms with Gasteiger partial charge < -0.3 is 5.32 Å². The molecular weight excluding hydrogens is 284 g/mol. The SMILES string of the molecule is CCNc1nc2ccccc2cc1Cn1ncc(Cl)c1C. The maximum absolute atomic E-state index is 6.08. The molecule has 0 fully saturated rings. The third-order valence-corrected chi connectivity index (χ3v) is 3.88. The van der Waals surface area contributed by atoms with E-state index in [0.29, 0.717) is 11.6 Å². The number of rotatable bonds is 4. The fourth-order valence-electron chi connectivity index (χ4n) is 2.35. The number of anilines is 1. The highest BCUT2D eigenvalue weighted by Crippen LogP contribution is 2.23. The van der Waals surface area contributed by atoms with Gasteiger partial charge in [0.25, 0.3) is 0 Å². The number of halogens is 1. The maximum atomic E-state index is 6.08. The van der Waals surface area contributed by atoms with Gasteiger partial charge in [0.2, 0.25) is 0 Å². The van der Waals surface area contributed by atoms with Crippen molar-refractivity contribution in [1.29, 1.82) is 0 Å². The Bertz CT molecular complexity index is 779. The van der Waals surface area contributed by atoms with Crippen molar-refractivity contribution in [3.8, 4) is 0 Å². The van der Waals surface area contributed by atoms with Crippen molar-refractivity contribution in [2.45, 2.75) is 20.4 Å². The van der Waals surface area contributed by atoms with Gasteiger partial charge in [-0.3, -0.25) is 4.68 Å². The molecule has 3 rings (SSSR count). The summed E-state index contributed by atoms with van der Waals surface area (Å²) >= 11 is 6.08. The Morgan fingerprint density at radius 2 is 2.10 bits per heavy atom. The molecular formula is C16H17ClN4. The lowest BCUT2D eigenvalue weighted by Crippen LogP contribution is -2.09. The van der Waals surface area contributed by atoms with Crippen LogP contribution in [0.1, 0.15) is 18.2 Å². The number of para-hydroxylation sites is 1. The summed E-state index contributed by atoms with van der Waals surface area (Å²) in [5.74, 6) is 0.905. The second kappa shape index (κ2) is 5.74. The van der Waals surface area contributed by atoms with Gasteiger partial charge in [0.1, 0.15) is 5.82 Å². The van der Waals surface area contributed by atoms with Crippen LogP contribution in [0.4, 0.5) is 5.82 Å². The monoisotopic (exact) mass is 300 g/mol. The fraction of sp³-hybridized carbons (Fsp3) is 0.250. The van der Waals surface area contributed by atoms with E-state index in [9.17, 15) is 0 Å². The van der Waals surface area contributed by atoms with Gasteiger partial charge in [0.15, 0.2) is 0 Å². The first kappa shape index (κ1) is 13.9. The third-order valence-electron chi connectivity index (χ3n) is 3.51. The summed E-state index contributed by atoms with van der Waals surface area (Å²) in [6.07, 6.45) is 1.68. The van der Waals surface area contributed by atoms with E-state index in [2.05, 4.69) is 29.5 Å². The number of benzene rings is 1. The first-order chi connectivity index (χ1) is 10.2. The van der Waals surface area contributed by atoms with E-state index in [-0.39, 0.29) is 0 Å². The smallest absolute Gasteiger partial charge is 0.131 e. The second-order valence-corrected chi connectivity index (χ2v) is 5.36. The van der Waals surface area contributed by atoms with E-state index < -0.39 is 0 Å². The van der Waals surface area contributed by atoms with E-state index in [1.807, 2.05) is 29.8 Å². The van der Waals surface area contributed by atoms with Crippen LogP contribution >= 0.6 is 11.6 Å². The van der Waals surface area contributed by atoms with Gasteiger partial charge in [-0.15, -0.1) is 0 Å². The summed E-state index contributed by atoms with van der Waals surface area (Å²) in [5, 5.41) is 9.47. The molecule has 0 radical (unpaired) electrons. The summed E-state index contributed by atoms with van der Waals surface area (Å²) in [7, 11) is 0. The third kappa shape index (κ3) is 2.72. The Balaban J connectivity index is 2.06. The van der Waals surface area contributed by atoms with Crippen LogP contribution in [0.25, 0.3) is 10.9 Å². The zero-order valence-electron chi connectivity index (χ0n) is 12.1. The van der Waals surface area contributed by atoms with Crippen molar-refractivity contribution < 1.29 is 0 Å². The molecule has 0 aliphatic carbocycles. The topological polar surface area (TPSA) is 42.7 Å². The van der Waals surface area contributed by atoms with E-state index >= 15 is 0 Å². The molecule has 0 saturated heterocycles. The van der Waals surface area contributed by atoms with Crippen molar-refractivity contribution in [1.82, 2.24) is 14.8 Å². The van der Waals surface area contributed by atoms with Gasteiger partial charge in [-0.1, -0.05) is 29.8 Å². The molecule has 2 aromatic heterocycles. The Kier molecular flexibility index (Phi) is 3.80. The highest BCUT2D eigenvalue weighted by atomic mass is 35.5. The predicted molar refractivity (Wildman–Crippen MR) is 87.0 cm³/mol. The van der Waals surface area contributed by atoms with Crippen LogP contribution in [0.2, 0.25) is 5.02 Å². The molecule has 0 bridgehead atoms. The lowest BCUT2D eigenvalue weighted by Gasteiger charge is -2.12. The predicted octanol–water partition coefficient (Wildman–Crippen LogP) is 3.87. The van der Waals surface area contributed by atoms with Crippen LogP contribution in [0.3, 0.4) is 0 Å². The van der Waals surface area contributed by atoms with Gasteiger partial charge in [0.05, 0.1) is 29.0 Å². The highest BCUT2D eigenvalue weighted by Gasteiger charge is 2.10. The summed E-state index contributed by atoms with van der Waals surface area (Å²) in [4.78, 5) is 4.71. The molecule has 0 atom stereocenters. The van der Waals surface area contributed by atoms with Crippen LogP contribution in [0.5, 0.6) is 0 Å². The number of nitrogens with zero attached hydrogens (tertiary/aromatic N) is 3. The van der Waals surface area contributed by atoms with E-state index in [4.69, 9.17) is 16.6 Å². The zero-order chi connectivity index (χ0) is 14.8. The van der Waals surface area contributed by atoms with E-state index in [1.54, 1.807) is 6.20 Å². The average molecular weight is 301 g/mol. The molecule has 2 heterocycles. The Morgan fingerprint density at radius 1 is 1.29 bits per heavy atom. The molecule has 3 aromatic rings. The second-order valence-electron chi connectivity index (χ2n) is 4.95. The molecule has 0 aliphatic heterocycles. The molecule has 4 nitrogen and oxygen atoms in total. The van der Waals surface area contributed by atoms with Gasteiger partial charge >= 0.3 is 0 Å². The number of aromatic nitrogens is 3. The van der Waals surface area contributed by atoms with E-state index in [1.165, 1.54) is 0 Å². The molecule has 0 aliphatic rings. The quantitative estimate of drug-likeness (QED) is 0.795. The number of nitrogens with one attached hydrogen (secondary N) is 1. The minimum absolute atomic E-state index is 0.652. The van der Waals surface area contributed by atoms with Crippen LogP contribution in [-0.2, 0) is 6.54 Å². The molecule has 0 unspecified atom stereocenters. The van der Waals surface area contributed by atoms with Crippen LogP contribution < -0.4 is 5.32 Å². The van der Waals surface area contributed by atoms with Gasteiger partial charge in [-0.05, 0) is 26.0 Å². The van der Waals surface area contributed by atoms with Gasteiger partial charge in [0, 0.05) is 17.5 Å². The van der Waals surface area contributed by atoms with Crippen molar-refractivity contribution in [3.63, 3.8) is 0 Å². The molecule has 108 valence electrons. The van der Waals surface area contributed by atoms with Crippen LogP contribution in [-0.4, -0.2) is 21.3 Å². The van der Waals surface area contributed by atoms with Crippen LogP contribution in [0, 0.1) is 6.92 Å². The van der Waals surface area contributed by atoms with Crippen LogP contribution in [0.15, 0.2) is 36.5 Å². The fourth-order valence-corrected chi connectivity index (χ4v) is 2.49. The number of hydrogen-bond acceptors (Lipinski definition) is 3. The largest absolute Gasteiger partial charge is 0.370 e. The van der Waals surface area contributed by atoms with Gasteiger partial charge in [-0.25, -0.2) is 4.98 Å². The molecule has 5 heteroatoms. The summed E-state index contributed by atoms with van der Waals surface area (Å²) in [5.41, 5.74) is 3.07. The lowest BCUT2D eigenvalue weighted by atomic mass is 10.1.